The smallest absolute Gasteiger partial charge is 0.115 e. The van der Waals surface area contributed by atoms with Crippen LogP contribution in [0.1, 0.15) is 18.4 Å². The lowest BCUT2D eigenvalue weighted by atomic mass is 10.1. The van der Waals surface area contributed by atoms with Gasteiger partial charge < -0.3 is 5.11 Å². The molecule has 0 fully saturated rings. The number of hydrogen-bond acceptors (Lipinski definition) is 3. The van der Waals surface area contributed by atoms with Crippen LogP contribution in [0.3, 0.4) is 0 Å². The Hall–Kier alpha value is -0.960. The molecule has 0 radical (unpaired) electrons. The van der Waals surface area contributed by atoms with Crippen LogP contribution in [0.15, 0.2) is 18.7 Å². The molecule has 0 atom stereocenters. The molecule has 3 heteroatoms. The zero-order valence-electron chi connectivity index (χ0n) is 6.40. The summed E-state index contributed by atoms with van der Waals surface area (Å²) in [5.74, 6) is 0. The molecule has 0 spiro atoms. The number of aromatic nitrogens is 2. The highest BCUT2D eigenvalue weighted by Gasteiger charge is 1.91. The molecule has 0 aliphatic carbocycles. The predicted octanol–water partition coefficient (Wildman–Crippen LogP) is 0.792. The average Bonchev–Trinajstić information content (AvgIpc) is 2.07. The van der Waals surface area contributed by atoms with Crippen LogP contribution >= 0.6 is 0 Å². The molecule has 0 aliphatic heterocycles. The zero-order chi connectivity index (χ0) is 7.94. The van der Waals surface area contributed by atoms with Crippen LogP contribution in [-0.4, -0.2) is 21.7 Å². The van der Waals surface area contributed by atoms with Crippen molar-refractivity contribution in [2.45, 2.75) is 19.3 Å². The molecular weight excluding hydrogens is 140 g/mol. The molecule has 1 rings (SSSR count). The van der Waals surface area contributed by atoms with Gasteiger partial charge in [0, 0.05) is 19.0 Å². The lowest BCUT2D eigenvalue weighted by Gasteiger charge is -1.96. The quantitative estimate of drug-likeness (QED) is 0.649. The monoisotopic (exact) mass is 152 g/mol. The van der Waals surface area contributed by atoms with Crippen LogP contribution in [0.2, 0.25) is 0 Å². The summed E-state index contributed by atoms with van der Waals surface area (Å²) < 4.78 is 0. The maximum Gasteiger partial charge on any atom is 0.115 e. The number of unbranched alkanes of at least 4 members (excludes halogenated alkanes) is 1. The lowest BCUT2D eigenvalue weighted by molar-refractivity contribution is 0.284. The van der Waals surface area contributed by atoms with E-state index in [1.165, 1.54) is 6.33 Å². The summed E-state index contributed by atoms with van der Waals surface area (Å²) in [6, 6.07) is 0. The molecular formula is C8H12N2O. The first-order valence-corrected chi connectivity index (χ1v) is 3.78. The van der Waals surface area contributed by atoms with E-state index in [0.717, 1.165) is 24.8 Å². The van der Waals surface area contributed by atoms with Crippen LogP contribution in [0.25, 0.3) is 0 Å². The number of hydrogen-bond donors (Lipinski definition) is 1. The van der Waals surface area contributed by atoms with Gasteiger partial charge in [-0.25, -0.2) is 9.97 Å². The molecule has 1 aromatic heterocycles. The summed E-state index contributed by atoms with van der Waals surface area (Å²) >= 11 is 0. The van der Waals surface area contributed by atoms with Crippen LogP contribution in [0, 0.1) is 0 Å². The Morgan fingerprint density at radius 1 is 1.18 bits per heavy atom. The van der Waals surface area contributed by atoms with E-state index < -0.39 is 0 Å². The Balaban J connectivity index is 2.28. The van der Waals surface area contributed by atoms with Crippen molar-refractivity contribution in [3.63, 3.8) is 0 Å². The van der Waals surface area contributed by atoms with Gasteiger partial charge in [-0.15, -0.1) is 0 Å². The van der Waals surface area contributed by atoms with Crippen molar-refractivity contribution < 1.29 is 5.11 Å². The highest BCUT2D eigenvalue weighted by molar-refractivity contribution is 5.01. The van der Waals surface area contributed by atoms with E-state index in [-0.39, 0.29) is 6.61 Å². The highest BCUT2D eigenvalue weighted by atomic mass is 16.2. The van der Waals surface area contributed by atoms with E-state index in [0.29, 0.717) is 0 Å². The largest absolute Gasteiger partial charge is 0.396 e. The zero-order valence-corrected chi connectivity index (χ0v) is 6.40. The van der Waals surface area contributed by atoms with Crippen molar-refractivity contribution in [2.24, 2.45) is 0 Å². The minimum atomic E-state index is 0.272. The maximum atomic E-state index is 8.51. The topological polar surface area (TPSA) is 46.0 Å². The minimum absolute atomic E-state index is 0.272. The third kappa shape index (κ3) is 3.09. The van der Waals surface area contributed by atoms with E-state index >= 15 is 0 Å². The number of aryl methyl sites for hydroxylation is 1. The molecule has 1 heterocycles. The molecule has 0 bridgehead atoms. The van der Waals surface area contributed by atoms with Crippen LogP contribution in [0.5, 0.6) is 0 Å². The van der Waals surface area contributed by atoms with Gasteiger partial charge in [-0.05, 0) is 24.8 Å². The van der Waals surface area contributed by atoms with Crippen molar-refractivity contribution in [1.82, 2.24) is 9.97 Å². The van der Waals surface area contributed by atoms with Gasteiger partial charge in [-0.2, -0.15) is 0 Å². The Kier molecular flexibility index (Phi) is 3.55. The van der Waals surface area contributed by atoms with E-state index in [2.05, 4.69) is 9.97 Å². The van der Waals surface area contributed by atoms with Gasteiger partial charge in [0.05, 0.1) is 0 Å². The molecule has 0 unspecified atom stereocenters. The molecule has 1 N–H and O–H groups in total. The lowest BCUT2D eigenvalue weighted by Crippen LogP contribution is -1.90. The van der Waals surface area contributed by atoms with Crippen molar-refractivity contribution in [2.75, 3.05) is 6.61 Å². The Morgan fingerprint density at radius 3 is 2.55 bits per heavy atom. The molecule has 0 saturated carbocycles. The molecule has 11 heavy (non-hydrogen) atoms. The fraction of sp³-hybridized carbons (Fsp3) is 0.500. The molecule has 0 saturated heterocycles. The van der Waals surface area contributed by atoms with Gasteiger partial charge >= 0.3 is 0 Å². The molecule has 0 aliphatic rings. The highest BCUT2D eigenvalue weighted by Crippen LogP contribution is 2.00. The fourth-order valence-corrected chi connectivity index (χ4v) is 0.900. The average molecular weight is 152 g/mol. The second-order valence-electron chi connectivity index (χ2n) is 2.43. The Bertz CT molecular complexity index is 189. The minimum Gasteiger partial charge on any atom is -0.396 e. The first kappa shape index (κ1) is 8.14. The van der Waals surface area contributed by atoms with Gasteiger partial charge in [-0.1, -0.05) is 0 Å². The summed E-state index contributed by atoms with van der Waals surface area (Å²) in [7, 11) is 0. The summed E-state index contributed by atoms with van der Waals surface area (Å²) in [6.07, 6.45) is 7.96. The number of rotatable bonds is 4. The van der Waals surface area contributed by atoms with Crippen molar-refractivity contribution in [3.8, 4) is 0 Å². The van der Waals surface area contributed by atoms with Crippen molar-refractivity contribution in [1.29, 1.82) is 0 Å². The normalized spacial score (nSPS) is 9.91. The van der Waals surface area contributed by atoms with E-state index in [1.807, 2.05) is 12.4 Å². The number of aliphatic hydroxyl groups excluding tert-OH is 1. The third-order valence-corrected chi connectivity index (χ3v) is 1.49. The van der Waals surface area contributed by atoms with Crippen LogP contribution in [-0.2, 0) is 6.42 Å². The molecule has 60 valence electrons. The molecule has 1 aromatic rings. The van der Waals surface area contributed by atoms with Crippen LogP contribution in [0.4, 0.5) is 0 Å². The predicted molar refractivity (Wildman–Crippen MR) is 42.1 cm³/mol. The summed E-state index contributed by atoms with van der Waals surface area (Å²) in [6.45, 7) is 0.272. The Labute approximate surface area is 66.1 Å². The number of aliphatic hydroxyl groups is 1. The second kappa shape index (κ2) is 4.79. The van der Waals surface area contributed by atoms with E-state index in [9.17, 15) is 0 Å². The SMILES string of the molecule is OCCCCc1cncnc1. The Morgan fingerprint density at radius 2 is 1.91 bits per heavy atom. The van der Waals surface area contributed by atoms with Gasteiger partial charge in [-0.3, -0.25) is 0 Å². The fourth-order valence-electron chi connectivity index (χ4n) is 0.900. The van der Waals surface area contributed by atoms with Crippen LogP contribution < -0.4 is 0 Å². The first-order chi connectivity index (χ1) is 5.43. The van der Waals surface area contributed by atoms with Gasteiger partial charge in [0.1, 0.15) is 6.33 Å². The molecule has 0 aromatic carbocycles. The standard InChI is InChI=1S/C8H12N2O/c11-4-2-1-3-8-5-9-7-10-6-8/h5-7,11H,1-4H2. The van der Waals surface area contributed by atoms with Crippen molar-refractivity contribution >= 4 is 0 Å². The molecule has 3 nitrogen and oxygen atoms in total. The summed E-state index contributed by atoms with van der Waals surface area (Å²) in [5.41, 5.74) is 1.14. The third-order valence-electron chi connectivity index (χ3n) is 1.49. The summed E-state index contributed by atoms with van der Waals surface area (Å²) in [4.78, 5) is 7.78. The number of nitrogens with zero attached hydrogens (tertiary/aromatic N) is 2. The van der Waals surface area contributed by atoms with E-state index in [1.54, 1.807) is 0 Å². The van der Waals surface area contributed by atoms with Gasteiger partial charge in [0.15, 0.2) is 0 Å². The first-order valence-electron chi connectivity index (χ1n) is 3.78. The maximum absolute atomic E-state index is 8.51. The van der Waals surface area contributed by atoms with Gasteiger partial charge in [0.2, 0.25) is 0 Å². The van der Waals surface area contributed by atoms with E-state index in [4.69, 9.17) is 5.11 Å². The second-order valence-corrected chi connectivity index (χ2v) is 2.43. The van der Waals surface area contributed by atoms with Crippen molar-refractivity contribution in [3.05, 3.63) is 24.3 Å². The molecule has 0 amide bonds. The van der Waals surface area contributed by atoms with Gasteiger partial charge in [0.25, 0.3) is 0 Å². The summed E-state index contributed by atoms with van der Waals surface area (Å²) in [5, 5.41) is 8.51.